The Kier molecular flexibility index (Phi) is 5.98. The zero-order chi connectivity index (χ0) is 19.2. The van der Waals surface area contributed by atoms with Crippen LogP contribution >= 0.6 is 11.6 Å². The van der Waals surface area contributed by atoms with Gasteiger partial charge in [-0.15, -0.1) is 0 Å². The summed E-state index contributed by atoms with van der Waals surface area (Å²) in [5.41, 5.74) is 2.85. The molecule has 1 N–H and O–H groups in total. The first-order valence-corrected chi connectivity index (χ1v) is 9.01. The largest absolute Gasteiger partial charge is 0.354 e. The third kappa shape index (κ3) is 4.23. The minimum Gasteiger partial charge on any atom is -0.354 e. The minimum absolute atomic E-state index is 0.454. The van der Waals surface area contributed by atoms with Crippen LogP contribution in [0.15, 0.2) is 61.2 Å². The van der Waals surface area contributed by atoms with Gasteiger partial charge in [0.1, 0.15) is 17.0 Å². The molecular weight excluding hydrogens is 360 g/mol. The average molecular weight is 381 g/mol. The molecule has 27 heavy (non-hydrogen) atoms. The first-order valence-electron chi connectivity index (χ1n) is 8.63. The molecule has 0 unspecified atom stereocenters. The van der Waals surface area contributed by atoms with Gasteiger partial charge < -0.3 is 5.32 Å². The summed E-state index contributed by atoms with van der Waals surface area (Å²) in [5.74, 6) is 1.10. The summed E-state index contributed by atoms with van der Waals surface area (Å²) in [6.45, 7) is 8.38. The van der Waals surface area contributed by atoms with Gasteiger partial charge in [0.15, 0.2) is 5.82 Å². The van der Waals surface area contributed by atoms with E-state index in [1.807, 2.05) is 42.8 Å². The second-order valence-electron chi connectivity index (χ2n) is 5.90. The Balaban J connectivity index is 1.83. The summed E-state index contributed by atoms with van der Waals surface area (Å²) in [5, 5.41) is 4.66. The van der Waals surface area contributed by atoms with Crippen molar-refractivity contribution in [2.24, 2.45) is 0 Å². The van der Waals surface area contributed by atoms with Crippen LogP contribution in [0.5, 0.6) is 0 Å². The zero-order valence-electron chi connectivity index (χ0n) is 15.4. The van der Waals surface area contributed by atoms with Crippen LogP contribution in [0.3, 0.4) is 0 Å². The highest BCUT2D eigenvalue weighted by atomic mass is 35.5. The van der Waals surface area contributed by atoms with Gasteiger partial charge in [-0.05, 0) is 31.9 Å². The molecule has 3 aromatic heterocycles. The lowest BCUT2D eigenvalue weighted by atomic mass is 10.1. The number of nitrogens with one attached hydrogen (secondary N) is 1. The maximum absolute atomic E-state index is 6.35. The molecule has 0 aliphatic heterocycles. The molecular formula is C20H21ClN6. The van der Waals surface area contributed by atoms with E-state index in [0.717, 1.165) is 23.1 Å². The number of allylic oxidation sites excluding steroid dienone is 4. The standard InChI is InChI=1S/C20H21ClN6/c1-4-6-15(7-5-2)8-10-22-20-23-12-17(21)19(26-20)27-11-9-16-14(3)24-13-25-18(16)27/h4-7,9,11-13H,1,8,10H2,2-3H3,(H,22,23,26)/b7-5-,15-6+. The van der Waals surface area contributed by atoms with Gasteiger partial charge in [-0.2, -0.15) is 4.98 Å². The van der Waals surface area contributed by atoms with Crippen molar-refractivity contribution in [2.75, 3.05) is 11.9 Å². The third-order valence-electron chi connectivity index (χ3n) is 4.04. The molecule has 7 heteroatoms. The van der Waals surface area contributed by atoms with E-state index in [1.165, 1.54) is 11.9 Å². The average Bonchev–Trinajstić information content (AvgIpc) is 3.09. The van der Waals surface area contributed by atoms with Gasteiger partial charge in [0.05, 0.1) is 11.9 Å². The van der Waals surface area contributed by atoms with Crippen LogP contribution in [0.2, 0.25) is 5.02 Å². The molecule has 0 saturated heterocycles. The van der Waals surface area contributed by atoms with Gasteiger partial charge in [-0.1, -0.05) is 42.5 Å². The highest BCUT2D eigenvalue weighted by Gasteiger charge is 2.12. The number of fused-ring (bicyclic) bond motifs is 1. The maximum Gasteiger partial charge on any atom is 0.224 e. The van der Waals surface area contributed by atoms with Gasteiger partial charge in [0.25, 0.3) is 0 Å². The number of anilines is 1. The monoisotopic (exact) mass is 380 g/mol. The van der Waals surface area contributed by atoms with E-state index >= 15 is 0 Å². The number of hydrogen-bond acceptors (Lipinski definition) is 5. The van der Waals surface area contributed by atoms with Crippen molar-refractivity contribution in [2.45, 2.75) is 20.3 Å². The zero-order valence-corrected chi connectivity index (χ0v) is 16.1. The van der Waals surface area contributed by atoms with Gasteiger partial charge in [-0.25, -0.2) is 15.0 Å². The van der Waals surface area contributed by atoms with Crippen molar-refractivity contribution in [1.29, 1.82) is 0 Å². The number of nitrogens with zero attached hydrogens (tertiary/aromatic N) is 5. The molecule has 0 fully saturated rings. The van der Waals surface area contributed by atoms with Crippen molar-refractivity contribution in [3.63, 3.8) is 0 Å². The van der Waals surface area contributed by atoms with Crippen molar-refractivity contribution >= 4 is 28.6 Å². The number of hydrogen-bond donors (Lipinski definition) is 1. The fourth-order valence-corrected chi connectivity index (χ4v) is 2.95. The molecule has 3 rings (SSSR count). The van der Waals surface area contributed by atoms with Crippen LogP contribution in [0.4, 0.5) is 5.95 Å². The minimum atomic E-state index is 0.454. The van der Waals surface area contributed by atoms with E-state index in [-0.39, 0.29) is 0 Å². The fourth-order valence-electron chi connectivity index (χ4n) is 2.77. The molecule has 0 aliphatic carbocycles. The highest BCUT2D eigenvalue weighted by Crippen LogP contribution is 2.24. The molecule has 0 radical (unpaired) electrons. The first-order chi connectivity index (χ1) is 13.1. The van der Waals surface area contributed by atoms with E-state index < -0.39 is 0 Å². The Morgan fingerprint density at radius 1 is 1.33 bits per heavy atom. The molecule has 6 nitrogen and oxygen atoms in total. The van der Waals surface area contributed by atoms with E-state index in [4.69, 9.17) is 11.6 Å². The lowest BCUT2D eigenvalue weighted by molar-refractivity contribution is 0.953. The Morgan fingerprint density at radius 3 is 2.96 bits per heavy atom. The van der Waals surface area contributed by atoms with Crippen LogP contribution in [0.1, 0.15) is 19.0 Å². The summed E-state index contributed by atoms with van der Waals surface area (Å²) < 4.78 is 1.85. The third-order valence-corrected chi connectivity index (χ3v) is 4.31. The maximum atomic E-state index is 6.35. The Morgan fingerprint density at radius 2 is 2.19 bits per heavy atom. The number of aromatic nitrogens is 5. The second kappa shape index (κ2) is 8.60. The van der Waals surface area contributed by atoms with Crippen LogP contribution in [-0.4, -0.2) is 31.0 Å². The first kappa shape index (κ1) is 18.8. The number of halogens is 1. The Hall–Kier alpha value is -2.99. The molecule has 138 valence electrons. The molecule has 0 aliphatic rings. The summed E-state index contributed by atoms with van der Waals surface area (Å²) in [7, 11) is 0. The number of rotatable bonds is 7. The quantitative estimate of drug-likeness (QED) is 0.603. The van der Waals surface area contributed by atoms with E-state index in [9.17, 15) is 0 Å². The summed E-state index contributed by atoms with van der Waals surface area (Å²) in [6, 6.07) is 1.96. The van der Waals surface area contributed by atoms with Gasteiger partial charge in [0.2, 0.25) is 5.95 Å². The van der Waals surface area contributed by atoms with Crippen molar-refractivity contribution in [1.82, 2.24) is 24.5 Å². The van der Waals surface area contributed by atoms with E-state index in [2.05, 4.69) is 37.9 Å². The van der Waals surface area contributed by atoms with Gasteiger partial charge >= 0.3 is 0 Å². The number of aryl methyl sites for hydroxylation is 1. The smallest absolute Gasteiger partial charge is 0.224 e. The lowest BCUT2D eigenvalue weighted by Crippen LogP contribution is -2.08. The summed E-state index contributed by atoms with van der Waals surface area (Å²) >= 11 is 6.35. The molecule has 0 amide bonds. The molecule has 3 heterocycles. The van der Waals surface area contributed by atoms with Crippen LogP contribution in [0.25, 0.3) is 16.9 Å². The molecule has 3 aromatic rings. The summed E-state index contributed by atoms with van der Waals surface area (Å²) in [6.07, 6.45) is 13.7. The fraction of sp³-hybridized carbons (Fsp3) is 0.200. The normalized spacial score (nSPS) is 12.0. The predicted molar refractivity (Wildman–Crippen MR) is 110 cm³/mol. The van der Waals surface area contributed by atoms with Crippen molar-refractivity contribution < 1.29 is 0 Å². The van der Waals surface area contributed by atoms with Crippen LogP contribution < -0.4 is 5.32 Å². The lowest BCUT2D eigenvalue weighted by Gasteiger charge is -2.10. The molecule has 0 spiro atoms. The van der Waals surface area contributed by atoms with Crippen LogP contribution in [-0.2, 0) is 0 Å². The summed E-state index contributed by atoms with van der Waals surface area (Å²) in [4.78, 5) is 17.4. The van der Waals surface area contributed by atoms with Gasteiger partial charge in [0, 0.05) is 18.1 Å². The van der Waals surface area contributed by atoms with E-state index in [1.54, 1.807) is 12.3 Å². The van der Waals surface area contributed by atoms with Crippen molar-refractivity contribution in [3.8, 4) is 5.82 Å². The molecule has 0 atom stereocenters. The molecule has 0 bridgehead atoms. The SMILES string of the molecule is C=C/C=C(\C=C/C)CCNc1ncc(Cl)c(-n2ccc3c(C)ncnc32)n1. The Bertz CT molecular complexity index is 1020. The molecule has 0 saturated carbocycles. The Labute approximate surface area is 163 Å². The van der Waals surface area contributed by atoms with Crippen molar-refractivity contribution in [3.05, 3.63) is 72.0 Å². The molecule has 0 aromatic carbocycles. The van der Waals surface area contributed by atoms with E-state index in [0.29, 0.717) is 23.3 Å². The predicted octanol–water partition coefficient (Wildman–Crippen LogP) is 4.66. The highest BCUT2D eigenvalue weighted by molar-refractivity contribution is 6.32. The van der Waals surface area contributed by atoms with Gasteiger partial charge in [-0.3, -0.25) is 4.57 Å². The van der Waals surface area contributed by atoms with Crippen LogP contribution in [0, 0.1) is 6.92 Å². The topological polar surface area (TPSA) is 68.5 Å². The second-order valence-corrected chi connectivity index (χ2v) is 6.31.